The summed E-state index contributed by atoms with van der Waals surface area (Å²) >= 11 is 1.64. The minimum atomic E-state index is 0.0177. The van der Waals surface area contributed by atoms with Crippen molar-refractivity contribution in [2.75, 3.05) is 18.5 Å². The number of anilines is 1. The Morgan fingerprint density at radius 1 is 1.16 bits per heavy atom. The first-order valence-corrected chi connectivity index (χ1v) is 11.1. The van der Waals surface area contributed by atoms with Gasteiger partial charge in [0.25, 0.3) is 0 Å². The highest BCUT2D eigenvalue weighted by molar-refractivity contribution is 7.16. The predicted molar refractivity (Wildman–Crippen MR) is 127 cm³/mol. The second kappa shape index (κ2) is 8.81. The SMILES string of the molecule is C=CC(CNc1cc(-c2cnc3c(cnn3CCO)c2)ncn1)c1cccc2scnc12. The van der Waals surface area contributed by atoms with E-state index in [1.807, 2.05) is 23.7 Å². The highest BCUT2D eigenvalue weighted by atomic mass is 32.1. The Balaban J connectivity index is 1.36. The molecule has 8 nitrogen and oxygen atoms in total. The molecule has 0 saturated heterocycles. The summed E-state index contributed by atoms with van der Waals surface area (Å²) in [6, 6.07) is 10.1. The van der Waals surface area contributed by atoms with Crippen molar-refractivity contribution in [2.24, 2.45) is 0 Å². The number of nitrogens with zero attached hydrogens (tertiary/aromatic N) is 6. The van der Waals surface area contributed by atoms with E-state index in [0.717, 1.165) is 39.2 Å². The minimum absolute atomic E-state index is 0.0177. The summed E-state index contributed by atoms with van der Waals surface area (Å²) < 4.78 is 2.86. The third-order valence-corrected chi connectivity index (χ3v) is 6.12. The molecule has 0 radical (unpaired) electrons. The quantitative estimate of drug-likeness (QED) is 0.351. The second-order valence-corrected chi connectivity index (χ2v) is 8.17. The summed E-state index contributed by atoms with van der Waals surface area (Å²) in [5.41, 5.74) is 6.42. The number of fused-ring (bicyclic) bond motifs is 2. The Morgan fingerprint density at radius 3 is 2.97 bits per heavy atom. The maximum atomic E-state index is 9.16. The summed E-state index contributed by atoms with van der Waals surface area (Å²) in [6.45, 7) is 5.09. The van der Waals surface area contributed by atoms with Crippen LogP contribution in [0, 0.1) is 0 Å². The van der Waals surface area contributed by atoms with Crippen molar-refractivity contribution in [3.05, 3.63) is 72.8 Å². The van der Waals surface area contributed by atoms with Gasteiger partial charge in [-0.2, -0.15) is 5.10 Å². The molecule has 0 spiro atoms. The molecule has 1 aromatic carbocycles. The zero-order valence-electron chi connectivity index (χ0n) is 17.2. The van der Waals surface area contributed by atoms with Crippen LogP contribution >= 0.6 is 11.3 Å². The Hall–Kier alpha value is -3.69. The van der Waals surface area contributed by atoms with Gasteiger partial charge >= 0.3 is 0 Å². The van der Waals surface area contributed by atoms with Crippen LogP contribution in [0.5, 0.6) is 0 Å². The van der Waals surface area contributed by atoms with E-state index in [2.05, 4.69) is 55.1 Å². The van der Waals surface area contributed by atoms with Crippen LogP contribution in [0.15, 0.2) is 67.2 Å². The molecule has 0 aliphatic carbocycles. The van der Waals surface area contributed by atoms with Crippen LogP contribution < -0.4 is 5.32 Å². The minimum Gasteiger partial charge on any atom is -0.394 e. The lowest BCUT2D eigenvalue weighted by molar-refractivity contribution is 0.271. The predicted octanol–water partition coefficient (Wildman–Crippen LogP) is 3.87. The molecule has 160 valence electrons. The van der Waals surface area contributed by atoms with Crippen LogP contribution in [0.1, 0.15) is 11.5 Å². The topological polar surface area (TPSA) is 102 Å². The van der Waals surface area contributed by atoms with Crippen LogP contribution in [0.2, 0.25) is 0 Å². The summed E-state index contributed by atoms with van der Waals surface area (Å²) in [5.74, 6) is 0.818. The van der Waals surface area contributed by atoms with Crippen molar-refractivity contribution in [1.29, 1.82) is 0 Å². The zero-order valence-corrected chi connectivity index (χ0v) is 18.0. The summed E-state index contributed by atoms with van der Waals surface area (Å²) in [5, 5.41) is 17.7. The first-order chi connectivity index (χ1) is 15.8. The van der Waals surface area contributed by atoms with Crippen LogP contribution in [0.3, 0.4) is 0 Å². The normalized spacial score (nSPS) is 12.3. The van der Waals surface area contributed by atoms with Crippen LogP contribution in [0.4, 0.5) is 5.82 Å². The molecular weight excluding hydrogens is 422 g/mol. The maximum absolute atomic E-state index is 9.16. The highest BCUT2D eigenvalue weighted by Gasteiger charge is 2.14. The fraction of sp³-hybridized carbons (Fsp3) is 0.174. The van der Waals surface area contributed by atoms with E-state index < -0.39 is 0 Å². The van der Waals surface area contributed by atoms with E-state index in [4.69, 9.17) is 5.11 Å². The van der Waals surface area contributed by atoms with Crippen LogP contribution in [-0.4, -0.2) is 48.0 Å². The third kappa shape index (κ3) is 3.83. The van der Waals surface area contributed by atoms with Gasteiger partial charge in [-0.25, -0.2) is 24.6 Å². The molecule has 32 heavy (non-hydrogen) atoms. The Labute approximate surface area is 188 Å². The highest BCUT2D eigenvalue weighted by Crippen LogP contribution is 2.28. The first kappa shape index (κ1) is 20.2. The molecule has 0 amide bonds. The van der Waals surface area contributed by atoms with Gasteiger partial charge in [-0.05, 0) is 17.7 Å². The van der Waals surface area contributed by atoms with Crippen LogP contribution in [0.25, 0.3) is 32.5 Å². The number of aliphatic hydroxyl groups is 1. The van der Waals surface area contributed by atoms with Gasteiger partial charge in [-0.15, -0.1) is 17.9 Å². The molecule has 1 unspecified atom stereocenters. The maximum Gasteiger partial charge on any atom is 0.157 e. The first-order valence-electron chi connectivity index (χ1n) is 10.2. The van der Waals surface area contributed by atoms with E-state index in [1.165, 1.54) is 4.70 Å². The summed E-state index contributed by atoms with van der Waals surface area (Å²) in [4.78, 5) is 17.8. The van der Waals surface area contributed by atoms with Gasteiger partial charge < -0.3 is 10.4 Å². The van der Waals surface area contributed by atoms with Gasteiger partial charge in [0.15, 0.2) is 5.65 Å². The van der Waals surface area contributed by atoms with Gasteiger partial charge in [0.1, 0.15) is 12.1 Å². The average molecular weight is 444 g/mol. The fourth-order valence-corrected chi connectivity index (χ4v) is 4.44. The van der Waals surface area contributed by atoms with E-state index in [-0.39, 0.29) is 12.5 Å². The van der Waals surface area contributed by atoms with Crippen LogP contribution in [-0.2, 0) is 6.54 Å². The summed E-state index contributed by atoms with van der Waals surface area (Å²) in [6.07, 6.45) is 6.99. The number of pyridine rings is 1. The van der Waals surface area contributed by atoms with Crippen molar-refractivity contribution < 1.29 is 5.11 Å². The van der Waals surface area contributed by atoms with E-state index in [1.54, 1.807) is 34.7 Å². The van der Waals surface area contributed by atoms with Crippen molar-refractivity contribution >= 4 is 38.4 Å². The molecule has 0 bridgehead atoms. The van der Waals surface area contributed by atoms with Crippen molar-refractivity contribution in [3.8, 4) is 11.3 Å². The number of hydrogen-bond donors (Lipinski definition) is 2. The van der Waals surface area contributed by atoms with E-state index in [0.29, 0.717) is 13.1 Å². The molecule has 5 aromatic rings. The molecule has 9 heteroatoms. The number of para-hydroxylation sites is 1. The molecule has 0 fully saturated rings. The van der Waals surface area contributed by atoms with Gasteiger partial charge in [-0.3, -0.25) is 0 Å². The molecule has 4 aromatic heterocycles. The Morgan fingerprint density at radius 2 is 2.09 bits per heavy atom. The second-order valence-electron chi connectivity index (χ2n) is 7.29. The number of aromatic nitrogens is 6. The Bertz CT molecular complexity index is 1390. The van der Waals surface area contributed by atoms with Crippen molar-refractivity contribution in [2.45, 2.75) is 12.5 Å². The van der Waals surface area contributed by atoms with Crippen molar-refractivity contribution in [1.82, 2.24) is 29.7 Å². The van der Waals surface area contributed by atoms with Gasteiger partial charge in [-0.1, -0.05) is 18.2 Å². The molecule has 5 rings (SSSR count). The average Bonchev–Trinajstić information content (AvgIpc) is 3.47. The number of hydrogen-bond acceptors (Lipinski definition) is 8. The number of benzene rings is 1. The molecular formula is C23H21N7OS. The molecule has 0 saturated carbocycles. The number of rotatable bonds is 8. The molecule has 4 heterocycles. The standard InChI is InChI=1S/C23H21N7OS/c1-2-15(18-4-3-5-20-22(18)28-14-32-20)10-24-21-9-19(26-13-27-21)16-8-17-12-29-30(6-7-31)23(17)25-11-16/h2-5,8-9,11-15,31H,1,6-7,10H2,(H,24,26,27). The van der Waals surface area contributed by atoms with E-state index in [9.17, 15) is 0 Å². The third-order valence-electron chi connectivity index (χ3n) is 5.33. The number of aliphatic hydroxyl groups excluding tert-OH is 1. The number of nitrogens with one attached hydrogen (secondary N) is 1. The lowest BCUT2D eigenvalue weighted by Crippen LogP contribution is -2.12. The zero-order chi connectivity index (χ0) is 21.9. The van der Waals surface area contributed by atoms with Gasteiger partial charge in [0.05, 0.1) is 40.8 Å². The number of thiazole rings is 1. The lowest BCUT2D eigenvalue weighted by atomic mass is 9.98. The molecule has 2 N–H and O–H groups in total. The molecule has 0 aliphatic rings. The smallest absolute Gasteiger partial charge is 0.157 e. The van der Waals surface area contributed by atoms with E-state index >= 15 is 0 Å². The molecule has 0 aliphatic heterocycles. The van der Waals surface area contributed by atoms with Gasteiger partial charge in [0, 0.05) is 35.7 Å². The summed E-state index contributed by atoms with van der Waals surface area (Å²) in [7, 11) is 0. The fourth-order valence-electron chi connectivity index (χ4n) is 3.72. The van der Waals surface area contributed by atoms with Gasteiger partial charge in [0.2, 0.25) is 0 Å². The monoisotopic (exact) mass is 443 g/mol. The largest absolute Gasteiger partial charge is 0.394 e. The molecule has 1 atom stereocenters. The van der Waals surface area contributed by atoms with Crippen molar-refractivity contribution in [3.63, 3.8) is 0 Å². The lowest BCUT2D eigenvalue weighted by Gasteiger charge is -2.15. The Kier molecular flexibility index (Phi) is 5.57.